The number of amides is 2. The molecule has 0 aliphatic rings. The minimum Gasteiger partial charge on any atom is -0.341 e. The summed E-state index contributed by atoms with van der Waals surface area (Å²) in [4.78, 5) is 21.9. The van der Waals surface area contributed by atoms with E-state index in [0.717, 1.165) is 0 Å². The van der Waals surface area contributed by atoms with Gasteiger partial charge in [0.15, 0.2) is 0 Å². The van der Waals surface area contributed by atoms with Crippen LogP contribution >= 0.6 is 0 Å². The molecule has 22 heavy (non-hydrogen) atoms. The molecule has 1 N–H and O–H groups in total. The maximum Gasteiger partial charge on any atom is 0.229 e. The Labute approximate surface area is 166 Å². The van der Waals surface area contributed by atoms with E-state index in [1.165, 1.54) is 0 Å². The van der Waals surface area contributed by atoms with Crippen molar-refractivity contribution >= 4 is 11.8 Å². The molecule has 1 radical (unpaired) electrons. The quantitative estimate of drug-likeness (QED) is 0.660. The summed E-state index contributed by atoms with van der Waals surface area (Å²) in [7, 11) is 0. The summed E-state index contributed by atoms with van der Waals surface area (Å²) in [6.07, 6.45) is 0. The molecule has 0 atom stereocenters. The van der Waals surface area contributed by atoms with Gasteiger partial charge in [-0.2, -0.15) is 11.8 Å². The number of hydrogen-bond acceptors (Lipinski definition) is 2. The van der Waals surface area contributed by atoms with Gasteiger partial charge >= 0.3 is 0 Å². The van der Waals surface area contributed by atoms with Gasteiger partial charge in [0, 0.05) is 44.5 Å². The van der Waals surface area contributed by atoms with Crippen molar-refractivity contribution in [1.82, 2.24) is 5.32 Å². The molecule has 0 aromatic heterocycles. The Hall–Kier alpha value is 0.244. The third-order valence-electron chi connectivity index (χ3n) is 1.30. The zero-order chi connectivity index (χ0) is 16.2. The average Bonchev–Trinajstić information content (AvgIpc) is 2.14. The maximum absolute atomic E-state index is 10.9. The number of carbonyl (C=O) groups is 2. The first kappa shape index (κ1) is 38.0. The van der Waals surface area contributed by atoms with Crippen LogP contribution in [0.4, 0.5) is 0 Å². The Bertz CT molecular complexity index is 208. The van der Waals surface area contributed by atoms with E-state index in [1.807, 2.05) is 0 Å². The van der Waals surface area contributed by atoms with E-state index in [0.29, 0.717) is 11.8 Å². The first-order chi connectivity index (χ1) is 8.41. The fourth-order valence-electron chi connectivity index (χ4n) is 0.410. The second-order valence-electron chi connectivity index (χ2n) is 5.95. The third-order valence-corrected chi connectivity index (χ3v) is 1.30. The summed E-state index contributed by atoms with van der Waals surface area (Å²) >= 11 is 0. The molecular weight excluding hydrogens is 351 g/mol. The molecule has 0 fully saturated rings. The van der Waals surface area contributed by atoms with E-state index in [4.69, 9.17) is 0 Å². The van der Waals surface area contributed by atoms with Gasteiger partial charge < -0.3 is 13.8 Å². The summed E-state index contributed by atoms with van der Waals surface area (Å²) in [5.41, 5.74) is 0. The Kier molecular flexibility index (Phi) is 40.7. The minimum atomic E-state index is -0.205. The summed E-state index contributed by atoms with van der Waals surface area (Å²) in [5.74, 6) is 0.503. The van der Waals surface area contributed by atoms with Crippen molar-refractivity contribution < 1.29 is 42.3 Å². The predicted octanol–water partition coefficient (Wildman–Crippen LogP) is 5.16. The molecule has 135 valence electrons. The topological polar surface area (TPSA) is 46.2 Å². The maximum atomic E-state index is 10.9. The van der Waals surface area contributed by atoms with Crippen LogP contribution in [0.1, 0.15) is 70.2 Å². The summed E-state index contributed by atoms with van der Waals surface area (Å²) in [6, 6.07) is 0. The number of imide groups is 1. The smallest absolute Gasteiger partial charge is 0.229 e. The molecule has 0 rings (SSSR count). The Morgan fingerprint density at radius 3 is 0.909 bits per heavy atom. The van der Waals surface area contributed by atoms with Crippen LogP contribution in [0.5, 0.6) is 0 Å². The van der Waals surface area contributed by atoms with Gasteiger partial charge in [-0.05, 0) is 0 Å². The van der Waals surface area contributed by atoms with Gasteiger partial charge in [-0.3, -0.25) is 14.9 Å². The molecule has 0 bridgehead atoms. The predicted molar refractivity (Wildman–Crippen MR) is 96.7 cm³/mol. The van der Waals surface area contributed by atoms with Crippen LogP contribution < -0.4 is 5.32 Å². The number of carbonyl (C=O) groups excluding carboxylic acids is 2. The van der Waals surface area contributed by atoms with Crippen molar-refractivity contribution in [2.24, 2.45) is 23.7 Å². The number of rotatable bonds is 2. The normalized spacial score (nSPS) is 8.45. The van der Waals surface area contributed by atoms with E-state index in [1.54, 1.807) is 27.7 Å². The van der Waals surface area contributed by atoms with E-state index in [-0.39, 0.29) is 71.2 Å². The number of nitrogens with one attached hydrogen (secondary N) is 1. The van der Waals surface area contributed by atoms with Gasteiger partial charge in [0.25, 0.3) is 0 Å². The van der Waals surface area contributed by atoms with Crippen molar-refractivity contribution in [3.05, 3.63) is 13.8 Å². The molecule has 0 aromatic carbocycles. The molecule has 2 amide bonds. The van der Waals surface area contributed by atoms with Gasteiger partial charge in [0.05, 0.1) is 0 Å². The van der Waals surface area contributed by atoms with Crippen LogP contribution in [-0.2, 0) is 42.3 Å². The zero-order valence-corrected chi connectivity index (χ0v) is 17.5. The van der Waals surface area contributed by atoms with Crippen molar-refractivity contribution in [3.8, 4) is 0 Å². The second kappa shape index (κ2) is 23.5. The second-order valence-corrected chi connectivity index (χ2v) is 5.95. The Morgan fingerprint density at radius 1 is 0.682 bits per heavy atom. The summed E-state index contributed by atoms with van der Waals surface area (Å²) < 4.78 is 0. The molecular formula is C18H41NO2Y-2. The van der Waals surface area contributed by atoms with Crippen LogP contribution in [0.15, 0.2) is 0 Å². The van der Waals surface area contributed by atoms with Gasteiger partial charge in [0.2, 0.25) is 11.8 Å². The van der Waals surface area contributed by atoms with Gasteiger partial charge in [-0.1, -0.05) is 70.2 Å². The molecule has 0 spiro atoms. The Balaban J connectivity index is -0.0000000497. The monoisotopic (exact) mass is 392 g/mol. The van der Waals surface area contributed by atoms with Crippen molar-refractivity contribution in [2.75, 3.05) is 0 Å². The van der Waals surface area contributed by atoms with Gasteiger partial charge in [-0.25, -0.2) is 0 Å². The molecule has 0 heterocycles. The minimum absolute atomic E-state index is 0. The van der Waals surface area contributed by atoms with Crippen molar-refractivity contribution in [2.45, 2.75) is 70.2 Å². The first-order valence-electron chi connectivity index (χ1n) is 6.92. The fourth-order valence-corrected chi connectivity index (χ4v) is 0.410. The molecule has 0 saturated carbocycles. The van der Waals surface area contributed by atoms with Gasteiger partial charge in [0.1, 0.15) is 0 Å². The molecule has 3 nitrogen and oxygen atoms in total. The van der Waals surface area contributed by atoms with Crippen molar-refractivity contribution in [1.29, 1.82) is 0 Å². The van der Waals surface area contributed by atoms with E-state index in [2.05, 4.69) is 46.9 Å². The molecule has 0 aliphatic carbocycles. The van der Waals surface area contributed by atoms with Crippen LogP contribution in [0, 0.1) is 37.5 Å². The molecule has 4 heteroatoms. The third kappa shape index (κ3) is 50.0. The van der Waals surface area contributed by atoms with Crippen LogP contribution in [0.3, 0.4) is 0 Å². The summed E-state index contributed by atoms with van der Waals surface area (Å²) in [5, 5.41) is 2.30. The van der Waals surface area contributed by atoms with Crippen molar-refractivity contribution in [3.63, 3.8) is 0 Å². The largest absolute Gasteiger partial charge is 0.341 e. The molecule has 0 unspecified atom stereocenters. The standard InChI is InChI=1S/C8H15NO2.2C4H9.2CH4.Y/c1-5(2)7(10)9-8(11)6(3)4;2*1-4(2)3;;;/h5-6H,1-4H3,(H,9,10,11);2*4H,1H2,2-3H3;2*1H4;/q;2*-1;;;. The van der Waals surface area contributed by atoms with Gasteiger partial charge in [-0.15, -0.1) is 0 Å². The Morgan fingerprint density at radius 2 is 0.818 bits per heavy atom. The van der Waals surface area contributed by atoms with Crippen LogP contribution in [0.25, 0.3) is 0 Å². The molecule has 0 saturated heterocycles. The molecule has 0 aliphatic heterocycles. The van der Waals surface area contributed by atoms with E-state index >= 15 is 0 Å². The fraction of sp³-hybridized carbons (Fsp3) is 0.778. The summed E-state index contributed by atoms with van der Waals surface area (Å²) in [6.45, 7) is 22.5. The zero-order valence-electron chi connectivity index (χ0n) is 14.6. The van der Waals surface area contributed by atoms with E-state index < -0.39 is 0 Å². The first-order valence-corrected chi connectivity index (χ1v) is 6.92. The number of hydrogen-bond donors (Lipinski definition) is 1. The van der Waals surface area contributed by atoms with Crippen LogP contribution in [-0.4, -0.2) is 11.8 Å². The van der Waals surface area contributed by atoms with Crippen LogP contribution in [0.2, 0.25) is 0 Å². The average molecular weight is 392 g/mol. The SMILES string of the molecule is C.C.CC(C)C(=O)NC(=O)C(C)C.[CH2-]C(C)C.[CH2-]C(C)C.[Y]. The van der Waals surface area contributed by atoms with E-state index in [9.17, 15) is 9.59 Å². The molecule has 0 aromatic rings.